The highest BCUT2D eigenvalue weighted by atomic mass is 16.8. The Kier molecular flexibility index (Phi) is 4.11. The highest BCUT2D eigenvalue weighted by Gasteiger charge is 2.52. The third kappa shape index (κ3) is 2.82. The van der Waals surface area contributed by atoms with Crippen molar-refractivity contribution in [2.75, 3.05) is 19.8 Å². The Morgan fingerprint density at radius 2 is 1.56 bits per heavy atom. The van der Waals surface area contributed by atoms with Gasteiger partial charge >= 0.3 is 0 Å². The fraction of sp³-hybridized carbons (Fsp3) is 0.455. The summed E-state index contributed by atoms with van der Waals surface area (Å²) >= 11 is 0. The molecule has 3 aliphatic heterocycles. The lowest BCUT2D eigenvalue weighted by molar-refractivity contribution is -0.176. The average Bonchev–Trinajstić information content (AvgIpc) is 3.37. The van der Waals surface area contributed by atoms with Crippen LogP contribution in [0.2, 0.25) is 0 Å². The first-order valence-electron chi connectivity index (χ1n) is 9.49. The molecule has 0 saturated carbocycles. The van der Waals surface area contributed by atoms with E-state index in [-0.39, 0.29) is 18.3 Å². The van der Waals surface area contributed by atoms with Crippen molar-refractivity contribution in [1.82, 2.24) is 0 Å². The Morgan fingerprint density at radius 3 is 2.33 bits per heavy atom. The number of benzene rings is 2. The summed E-state index contributed by atoms with van der Waals surface area (Å²) < 4.78 is 30.7. The summed E-state index contributed by atoms with van der Waals surface area (Å²) in [4.78, 5) is 0. The van der Waals surface area contributed by atoms with Crippen LogP contribution in [0.15, 0.2) is 54.6 Å². The van der Waals surface area contributed by atoms with Gasteiger partial charge in [0, 0.05) is 11.1 Å². The molecule has 5 heteroatoms. The van der Waals surface area contributed by atoms with Crippen LogP contribution in [0.4, 0.5) is 0 Å². The van der Waals surface area contributed by atoms with E-state index in [1.807, 2.05) is 56.3 Å². The van der Waals surface area contributed by atoms with Gasteiger partial charge in [-0.2, -0.15) is 0 Å². The molecule has 3 atom stereocenters. The summed E-state index contributed by atoms with van der Waals surface area (Å²) in [7, 11) is 0. The Labute approximate surface area is 159 Å². The maximum Gasteiger partial charge on any atom is 0.222 e. The topological polar surface area (TPSA) is 46.2 Å². The average molecular weight is 368 g/mol. The van der Waals surface area contributed by atoms with Crippen molar-refractivity contribution in [1.29, 1.82) is 0 Å². The SMILES string of the molecule is CC1(C)O[C@H]2[C@H](CO[C@@H]2c2ccccc2C2(c3ccccc3)OCCO2)O1. The maximum absolute atomic E-state index is 6.22. The molecular formula is C22H24O5. The van der Waals surface area contributed by atoms with E-state index in [0.29, 0.717) is 19.8 Å². The van der Waals surface area contributed by atoms with Gasteiger partial charge in [-0.1, -0.05) is 54.6 Å². The number of hydrogen-bond donors (Lipinski definition) is 0. The summed E-state index contributed by atoms with van der Waals surface area (Å²) in [5, 5.41) is 0. The Bertz CT molecular complexity index is 812. The van der Waals surface area contributed by atoms with Crippen molar-refractivity contribution >= 4 is 0 Å². The monoisotopic (exact) mass is 368 g/mol. The minimum Gasteiger partial charge on any atom is -0.368 e. The smallest absolute Gasteiger partial charge is 0.222 e. The second-order valence-corrected chi connectivity index (χ2v) is 7.66. The van der Waals surface area contributed by atoms with Gasteiger partial charge in [0.25, 0.3) is 0 Å². The molecule has 27 heavy (non-hydrogen) atoms. The van der Waals surface area contributed by atoms with E-state index < -0.39 is 11.6 Å². The van der Waals surface area contributed by atoms with Crippen molar-refractivity contribution in [3.63, 3.8) is 0 Å². The molecule has 0 bridgehead atoms. The lowest BCUT2D eigenvalue weighted by atomic mass is 9.89. The molecule has 0 unspecified atom stereocenters. The lowest BCUT2D eigenvalue weighted by Gasteiger charge is -2.32. The van der Waals surface area contributed by atoms with Crippen molar-refractivity contribution in [3.8, 4) is 0 Å². The molecule has 142 valence electrons. The highest BCUT2D eigenvalue weighted by molar-refractivity contribution is 5.42. The molecule has 3 saturated heterocycles. The van der Waals surface area contributed by atoms with Gasteiger partial charge in [0.1, 0.15) is 18.3 Å². The minimum atomic E-state index is -0.922. The van der Waals surface area contributed by atoms with Gasteiger partial charge in [-0.25, -0.2) is 0 Å². The summed E-state index contributed by atoms with van der Waals surface area (Å²) in [5.74, 6) is -1.52. The van der Waals surface area contributed by atoms with E-state index in [0.717, 1.165) is 16.7 Å². The van der Waals surface area contributed by atoms with Crippen molar-refractivity contribution < 1.29 is 23.7 Å². The van der Waals surface area contributed by atoms with Crippen LogP contribution in [0.25, 0.3) is 0 Å². The van der Waals surface area contributed by atoms with E-state index in [4.69, 9.17) is 23.7 Å². The van der Waals surface area contributed by atoms with E-state index >= 15 is 0 Å². The largest absolute Gasteiger partial charge is 0.368 e. The van der Waals surface area contributed by atoms with Crippen LogP contribution >= 0.6 is 0 Å². The predicted molar refractivity (Wildman–Crippen MR) is 98.1 cm³/mol. The van der Waals surface area contributed by atoms with Crippen molar-refractivity contribution in [2.24, 2.45) is 0 Å². The quantitative estimate of drug-likeness (QED) is 0.829. The zero-order valence-corrected chi connectivity index (χ0v) is 15.6. The molecule has 2 aromatic rings. The van der Waals surface area contributed by atoms with Gasteiger partial charge < -0.3 is 23.7 Å². The van der Waals surface area contributed by atoms with Crippen molar-refractivity contribution in [3.05, 3.63) is 71.3 Å². The molecule has 3 fully saturated rings. The summed E-state index contributed by atoms with van der Waals surface area (Å²) in [6.45, 7) is 5.51. The fourth-order valence-corrected chi connectivity index (χ4v) is 4.40. The van der Waals surface area contributed by atoms with Crippen LogP contribution in [-0.4, -0.2) is 37.8 Å². The molecule has 3 aliphatic rings. The van der Waals surface area contributed by atoms with E-state index in [1.165, 1.54) is 0 Å². The molecule has 2 aromatic carbocycles. The second kappa shape index (κ2) is 6.40. The van der Waals surface area contributed by atoms with Crippen LogP contribution in [0.5, 0.6) is 0 Å². The van der Waals surface area contributed by atoms with Gasteiger partial charge in [0.15, 0.2) is 5.79 Å². The molecule has 0 spiro atoms. The molecule has 5 rings (SSSR count). The van der Waals surface area contributed by atoms with Gasteiger partial charge in [0.05, 0.1) is 19.8 Å². The number of hydrogen-bond acceptors (Lipinski definition) is 5. The normalized spacial score (nSPS) is 31.1. The van der Waals surface area contributed by atoms with E-state index in [1.54, 1.807) is 0 Å². The lowest BCUT2D eigenvalue weighted by Crippen LogP contribution is -2.32. The molecule has 5 nitrogen and oxygen atoms in total. The third-order valence-electron chi connectivity index (χ3n) is 5.43. The maximum atomic E-state index is 6.22. The Balaban J connectivity index is 1.59. The van der Waals surface area contributed by atoms with Crippen molar-refractivity contribution in [2.45, 2.75) is 43.7 Å². The molecule has 0 amide bonds. The number of rotatable bonds is 3. The summed E-state index contributed by atoms with van der Waals surface area (Å²) in [6.07, 6.45) is -0.423. The van der Waals surface area contributed by atoms with Gasteiger partial charge in [-0.15, -0.1) is 0 Å². The summed E-state index contributed by atoms with van der Waals surface area (Å²) in [6, 6.07) is 18.2. The van der Waals surface area contributed by atoms with E-state index in [9.17, 15) is 0 Å². The second-order valence-electron chi connectivity index (χ2n) is 7.66. The zero-order valence-electron chi connectivity index (χ0n) is 15.6. The fourth-order valence-electron chi connectivity index (χ4n) is 4.40. The predicted octanol–water partition coefficient (Wildman–Crippen LogP) is 3.53. The minimum absolute atomic E-state index is 0.0591. The van der Waals surface area contributed by atoms with Crippen LogP contribution in [0, 0.1) is 0 Å². The number of ether oxygens (including phenoxy) is 5. The van der Waals surface area contributed by atoms with Gasteiger partial charge in [-0.3, -0.25) is 0 Å². The highest BCUT2D eigenvalue weighted by Crippen LogP contribution is 2.47. The van der Waals surface area contributed by atoms with Crippen LogP contribution < -0.4 is 0 Å². The van der Waals surface area contributed by atoms with Gasteiger partial charge in [-0.05, 0) is 19.4 Å². The first kappa shape index (κ1) is 17.3. The molecule has 0 radical (unpaired) electrons. The number of fused-ring (bicyclic) bond motifs is 1. The molecule has 0 aliphatic carbocycles. The molecule has 0 aromatic heterocycles. The first-order chi connectivity index (χ1) is 13.1. The zero-order chi connectivity index (χ0) is 18.5. The molecule has 3 heterocycles. The summed E-state index contributed by atoms with van der Waals surface area (Å²) in [5.41, 5.74) is 2.97. The Hall–Kier alpha value is -1.76. The Morgan fingerprint density at radius 1 is 0.852 bits per heavy atom. The molecular weight excluding hydrogens is 344 g/mol. The van der Waals surface area contributed by atoms with E-state index in [2.05, 4.69) is 12.1 Å². The van der Waals surface area contributed by atoms with Gasteiger partial charge in [0.2, 0.25) is 5.79 Å². The van der Waals surface area contributed by atoms with Crippen LogP contribution in [-0.2, 0) is 29.5 Å². The molecule has 0 N–H and O–H groups in total. The first-order valence-corrected chi connectivity index (χ1v) is 9.49. The van der Waals surface area contributed by atoms with Crippen LogP contribution in [0.1, 0.15) is 36.6 Å². The standard InChI is InChI=1S/C22H24O5/c1-21(2)26-18-14-23-19(20(18)27-21)16-10-6-7-11-17(16)22(24-12-13-25-22)15-8-4-3-5-9-15/h3-11,18-20H,12-14H2,1-2H3/t18-,19+,20-/m0/s1. The third-order valence-corrected chi connectivity index (χ3v) is 5.43. The van der Waals surface area contributed by atoms with Crippen LogP contribution in [0.3, 0.4) is 0 Å².